The molecule has 354 valence electrons. The summed E-state index contributed by atoms with van der Waals surface area (Å²) in [7, 11) is 0. The van der Waals surface area contributed by atoms with Crippen LogP contribution in [0.3, 0.4) is 0 Å². The van der Waals surface area contributed by atoms with Gasteiger partial charge in [0.15, 0.2) is 0 Å². The fourth-order valence-electron chi connectivity index (χ4n) is 12.3. The van der Waals surface area contributed by atoms with Crippen LogP contribution >= 0.6 is 0 Å². The second-order valence-electron chi connectivity index (χ2n) is 20.4. The van der Waals surface area contributed by atoms with Crippen LogP contribution in [0.25, 0.3) is 71.7 Å². The standard InChI is InChI=1S/C70H54N4/c1-70(2)64-28-16-13-25-58(64)63-45-55(41-44-65(63)70)72(57-40-43-62-60-27-15-18-30-67(60)74(69(62)47-57)52-23-11-6-12-24-52)54-37-33-49(34-38-54)48-31-35-53(36-32-48)71(50-19-7-3-4-8-20-50)56-39-42-61-59-26-14-17-29-66(59)73(68(61)46-56)51-21-9-5-10-22-51/h3-7,9-31,33-35,37-47H,8,32,36H2,1-2H3. The summed E-state index contributed by atoms with van der Waals surface area (Å²) in [6, 6.07) is 78.4. The highest BCUT2D eigenvalue weighted by atomic mass is 15.2. The van der Waals surface area contributed by atoms with Gasteiger partial charge in [-0.25, -0.2) is 0 Å². The van der Waals surface area contributed by atoms with Crippen molar-refractivity contribution in [1.29, 1.82) is 0 Å². The van der Waals surface area contributed by atoms with Gasteiger partial charge in [-0.1, -0.05) is 172 Å². The van der Waals surface area contributed by atoms with E-state index in [-0.39, 0.29) is 5.41 Å². The van der Waals surface area contributed by atoms with Crippen LogP contribution in [0.2, 0.25) is 0 Å². The van der Waals surface area contributed by atoms with E-state index in [2.05, 4.69) is 288 Å². The molecule has 0 saturated carbocycles. The molecule has 74 heavy (non-hydrogen) atoms. The third-order valence-electron chi connectivity index (χ3n) is 15.8. The van der Waals surface area contributed by atoms with Crippen LogP contribution in [-0.4, -0.2) is 9.13 Å². The number of hydrogen-bond acceptors (Lipinski definition) is 2. The first-order valence-corrected chi connectivity index (χ1v) is 26.0. The maximum absolute atomic E-state index is 2.48. The van der Waals surface area contributed by atoms with Crippen LogP contribution in [0.15, 0.2) is 266 Å². The molecule has 3 aliphatic carbocycles. The molecule has 0 radical (unpaired) electrons. The number of fused-ring (bicyclic) bond motifs is 9. The normalized spacial score (nSPS) is 14.7. The number of para-hydroxylation sites is 4. The maximum atomic E-state index is 2.48. The van der Waals surface area contributed by atoms with Gasteiger partial charge < -0.3 is 18.9 Å². The number of hydrogen-bond donors (Lipinski definition) is 0. The molecule has 3 aliphatic rings. The van der Waals surface area contributed by atoms with E-state index in [0.717, 1.165) is 53.4 Å². The zero-order chi connectivity index (χ0) is 49.3. The molecule has 11 aromatic rings. The highest BCUT2D eigenvalue weighted by Gasteiger charge is 2.35. The summed E-state index contributed by atoms with van der Waals surface area (Å²) < 4.78 is 4.83. The van der Waals surface area contributed by atoms with E-state index in [1.807, 2.05) is 0 Å². The molecule has 4 heteroatoms. The smallest absolute Gasteiger partial charge is 0.0561 e. The van der Waals surface area contributed by atoms with Crippen LogP contribution in [0.5, 0.6) is 0 Å². The predicted molar refractivity (Wildman–Crippen MR) is 313 cm³/mol. The van der Waals surface area contributed by atoms with E-state index in [1.54, 1.807) is 0 Å². The maximum Gasteiger partial charge on any atom is 0.0561 e. The SMILES string of the molecule is CC1(C)c2ccccc2-c2cc(N(c3ccc(C4=CC=C(N(C5=CCC=CC=C5)c5ccc6c7ccccc7n(-c7ccccc7)c6c5)CC4)cc3)c3ccc4c5ccccc5n(-c5ccccc5)c4c3)ccc21. The summed E-state index contributed by atoms with van der Waals surface area (Å²) in [5.41, 5.74) is 21.9. The molecular weight excluding hydrogens is 897 g/mol. The van der Waals surface area contributed by atoms with Gasteiger partial charge in [-0.05, 0) is 150 Å². The molecule has 2 aromatic heterocycles. The van der Waals surface area contributed by atoms with Gasteiger partial charge in [0.25, 0.3) is 0 Å². The molecule has 0 amide bonds. The molecule has 0 saturated heterocycles. The Hall–Kier alpha value is -9.12. The van der Waals surface area contributed by atoms with Crippen LogP contribution in [-0.2, 0) is 5.41 Å². The first-order chi connectivity index (χ1) is 36.5. The zero-order valence-electron chi connectivity index (χ0n) is 41.7. The lowest BCUT2D eigenvalue weighted by atomic mass is 9.82. The minimum atomic E-state index is -0.0800. The molecular formula is C70H54N4. The van der Waals surface area contributed by atoms with Crippen LogP contribution in [0.1, 0.15) is 49.8 Å². The third kappa shape index (κ3) is 7.12. The molecule has 0 bridgehead atoms. The Balaban J connectivity index is 0.863. The summed E-state index contributed by atoms with van der Waals surface area (Å²) in [6.45, 7) is 4.71. The largest absolute Gasteiger partial charge is 0.314 e. The van der Waals surface area contributed by atoms with Crippen LogP contribution in [0.4, 0.5) is 22.7 Å². The van der Waals surface area contributed by atoms with E-state index in [9.17, 15) is 0 Å². The fraction of sp³-hybridized carbons (Fsp3) is 0.0857. The van der Waals surface area contributed by atoms with Gasteiger partial charge in [0, 0.05) is 72.5 Å². The van der Waals surface area contributed by atoms with Crippen molar-refractivity contribution in [2.75, 3.05) is 9.80 Å². The minimum Gasteiger partial charge on any atom is -0.314 e. The van der Waals surface area contributed by atoms with Crippen LogP contribution < -0.4 is 9.80 Å². The van der Waals surface area contributed by atoms with Crippen molar-refractivity contribution in [3.63, 3.8) is 0 Å². The molecule has 9 aromatic carbocycles. The van der Waals surface area contributed by atoms with Crippen molar-refractivity contribution in [3.05, 3.63) is 283 Å². The Labute approximate surface area is 432 Å². The first-order valence-electron chi connectivity index (χ1n) is 26.0. The van der Waals surface area contributed by atoms with Crippen molar-refractivity contribution in [2.24, 2.45) is 0 Å². The van der Waals surface area contributed by atoms with Gasteiger partial charge in [0.1, 0.15) is 0 Å². The van der Waals surface area contributed by atoms with Gasteiger partial charge in [-0.2, -0.15) is 0 Å². The lowest BCUT2D eigenvalue weighted by molar-refractivity contribution is 0.660. The Morgan fingerprint density at radius 3 is 1.61 bits per heavy atom. The van der Waals surface area contributed by atoms with Crippen LogP contribution in [0, 0.1) is 0 Å². The van der Waals surface area contributed by atoms with E-state index in [0.29, 0.717) is 0 Å². The Kier molecular flexibility index (Phi) is 10.4. The topological polar surface area (TPSA) is 16.3 Å². The Bertz CT molecular complexity index is 4180. The molecule has 0 unspecified atom stereocenters. The Morgan fingerprint density at radius 1 is 0.419 bits per heavy atom. The van der Waals surface area contributed by atoms with E-state index >= 15 is 0 Å². The molecule has 0 spiro atoms. The van der Waals surface area contributed by atoms with Gasteiger partial charge in [-0.3, -0.25) is 0 Å². The molecule has 4 nitrogen and oxygen atoms in total. The number of benzene rings is 9. The number of anilines is 4. The second-order valence-corrected chi connectivity index (χ2v) is 20.4. The fourth-order valence-corrected chi connectivity index (χ4v) is 12.3. The summed E-state index contributed by atoms with van der Waals surface area (Å²) in [6.07, 6.45) is 18.6. The van der Waals surface area contributed by atoms with Gasteiger partial charge >= 0.3 is 0 Å². The van der Waals surface area contributed by atoms with Crippen molar-refractivity contribution in [3.8, 4) is 22.5 Å². The molecule has 0 atom stereocenters. The second kappa shape index (κ2) is 17.6. The van der Waals surface area contributed by atoms with Crippen molar-refractivity contribution in [1.82, 2.24) is 9.13 Å². The predicted octanol–water partition coefficient (Wildman–Crippen LogP) is 18.6. The minimum absolute atomic E-state index is 0.0800. The zero-order valence-corrected chi connectivity index (χ0v) is 41.7. The molecule has 14 rings (SSSR count). The number of nitrogens with zero attached hydrogens (tertiary/aromatic N) is 4. The van der Waals surface area contributed by atoms with E-state index in [4.69, 9.17) is 0 Å². The highest BCUT2D eigenvalue weighted by Crippen LogP contribution is 2.51. The number of aromatic nitrogens is 2. The van der Waals surface area contributed by atoms with Crippen molar-refractivity contribution < 1.29 is 0 Å². The first kappa shape index (κ1) is 43.7. The average Bonchev–Trinajstić information content (AvgIpc) is 3.92. The Morgan fingerprint density at radius 2 is 0.959 bits per heavy atom. The molecule has 0 N–H and O–H groups in total. The van der Waals surface area contributed by atoms with Gasteiger partial charge in [-0.15, -0.1) is 0 Å². The molecule has 0 fully saturated rings. The summed E-state index contributed by atoms with van der Waals surface area (Å²) in [4.78, 5) is 4.93. The summed E-state index contributed by atoms with van der Waals surface area (Å²) >= 11 is 0. The highest BCUT2D eigenvalue weighted by molar-refractivity contribution is 6.11. The van der Waals surface area contributed by atoms with E-state index in [1.165, 1.54) is 88.4 Å². The quantitative estimate of drug-likeness (QED) is 0.143. The summed E-state index contributed by atoms with van der Waals surface area (Å²) in [5.74, 6) is 0. The lowest BCUT2D eigenvalue weighted by Crippen LogP contribution is -2.22. The van der Waals surface area contributed by atoms with Crippen molar-refractivity contribution >= 4 is 71.9 Å². The lowest BCUT2D eigenvalue weighted by Gasteiger charge is -2.31. The van der Waals surface area contributed by atoms with E-state index < -0.39 is 0 Å². The molecule has 0 aliphatic heterocycles. The van der Waals surface area contributed by atoms with Gasteiger partial charge in [0.2, 0.25) is 0 Å². The van der Waals surface area contributed by atoms with Crippen molar-refractivity contribution in [2.45, 2.75) is 38.5 Å². The number of rotatable bonds is 9. The number of allylic oxidation sites excluding steroid dienone is 9. The molecule has 2 heterocycles. The van der Waals surface area contributed by atoms with Gasteiger partial charge in [0.05, 0.1) is 22.1 Å². The summed E-state index contributed by atoms with van der Waals surface area (Å²) in [5, 5.41) is 5.00. The average molecular weight is 951 g/mol. The monoisotopic (exact) mass is 950 g/mol. The third-order valence-corrected chi connectivity index (χ3v) is 15.8.